The van der Waals surface area contributed by atoms with Gasteiger partial charge in [0.2, 0.25) is 0 Å². The Hall–Kier alpha value is -2.57. The van der Waals surface area contributed by atoms with Crippen molar-refractivity contribution in [1.29, 1.82) is 0 Å². The van der Waals surface area contributed by atoms with E-state index in [-0.39, 0.29) is 0 Å². The second kappa shape index (κ2) is 8.88. The Labute approximate surface area is 161 Å². The second-order valence-electron chi connectivity index (χ2n) is 6.68. The molecule has 0 bridgehead atoms. The van der Waals surface area contributed by atoms with E-state index < -0.39 is 0 Å². The number of nitrogens with two attached hydrogens (primary N) is 1. The second-order valence-corrected chi connectivity index (χ2v) is 6.68. The monoisotopic (exact) mass is 366 g/mol. The number of anilines is 2. The summed E-state index contributed by atoms with van der Waals surface area (Å²) in [6, 6.07) is 10.7. The molecule has 2 heterocycles. The highest BCUT2D eigenvalue weighted by Crippen LogP contribution is 2.32. The molecule has 1 aromatic carbocycles. The topological polar surface area (TPSA) is 82.0 Å². The number of pyridine rings is 1. The van der Waals surface area contributed by atoms with Crippen molar-refractivity contribution in [3.8, 4) is 11.3 Å². The molecule has 3 aromatic rings. The van der Waals surface area contributed by atoms with Crippen LogP contribution in [-0.4, -0.2) is 48.1 Å². The van der Waals surface area contributed by atoms with Crippen LogP contribution in [0.25, 0.3) is 22.2 Å². The van der Waals surface area contributed by atoms with Crippen molar-refractivity contribution in [2.24, 2.45) is 0 Å². The summed E-state index contributed by atoms with van der Waals surface area (Å²) in [7, 11) is 1.86. The van der Waals surface area contributed by atoms with Crippen LogP contribution in [-0.2, 0) is 6.54 Å². The lowest BCUT2D eigenvalue weighted by atomic mass is 10.1. The van der Waals surface area contributed by atoms with Crippen LogP contribution in [0.4, 0.5) is 11.5 Å². The summed E-state index contributed by atoms with van der Waals surface area (Å²) in [5, 5.41) is 7.89. The van der Waals surface area contributed by atoms with E-state index in [1.807, 2.05) is 13.1 Å². The smallest absolute Gasteiger partial charge is 0.147 e. The number of H-pyrrole nitrogens is 1. The van der Waals surface area contributed by atoms with E-state index in [2.05, 4.69) is 63.6 Å². The molecule has 6 nitrogen and oxygen atoms in total. The van der Waals surface area contributed by atoms with Crippen molar-refractivity contribution in [2.75, 3.05) is 44.3 Å². The number of nitrogens with zero attached hydrogens (tertiary/aromatic N) is 2. The first kappa shape index (κ1) is 19.2. The number of nitrogens with one attached hydrogen (secondary N) is 3. The summed E-state index contributed by atoms with van der Waals surface area (Å²) in [5.74, 6) is 0.506. The molecule has 6 heteroatoms. The van der Waals surface area contributed by atoms with Crippen LogP contribution in [0.5, 0.6) is 0 Å². The van der Waals surface area contributed by atoms with Gasteiger partial charge in [-0.15, -0.1) is 0 Å². The third-order valence-corrected chi connectivity index (χ3v) is 5.03. The van der Waals surface area contributed by atoms with Gasteiger partial charge in [0.15, 0.2) is 0 Å². The molecule has 27 heavy (non-hydrogen) atoms. The van der Waals surface area contributed by atoms with Crippen molar-refractivity contribution in [1.82, 2.24) is 20.2 Å². The van der Waals surface area contributed by atoms with Gasteiger partial charge in [-0.2, -0.15) is 0 Å². The molecule has 0 radical (unpaired) electrons. The van der Waals surface area contributed by atoms with Crippen LogP contribution >= 0.6 is 0 Å². The summed E-state index contributed by atoms with van der Waals surface area (Å²) >= 11 is 0. The van der Waals surface area contributed by atoms with Crippen LogP contribution in [0.2, 0.25) is 0 Å². The maximum Gasteiger partial charge on any atom is 0.147 e. The van der Waals surface area contributed by atoms with Gasteiger partial charge in [-0.05, 0) is 42.9 Å². The molecule has 0 fully saturated rings. The predicted molar refractivity (Wildman–Crippen MR) is 115 cm³/mol. The SMILES string of the molecule is CCN(CC)CCNCc1ccc2[nH]c(-c3ccnc(N)c3NC)cc2c1. The lowest BCUT2D eigenvalue weighted by Crippen LogP contribution is -2.31. The van der Waals surface area contributed by atoms with Crippen molar-refractivity contribution in [2.45, 2.75) is 20.4 Å². The number of aromatic amines is 1. The molecule has 0 aliphatic carbocycles. The van der Waals surface area contributed by atoms with Gasteiger partial charge in [-0.25, -0.2) is 4.98 Å². The molecule has 5 N–H and O–H groups in total. The third kappa shape index (κ3) is 4.40. The number of likely N-dealkylation sites (N-methyl/N-ethyl adjacent to an activating group) is 1. The van der Waals surface area contributed by atoms with Crippen LogP contribution in [0.3, 0.4) is 0 Å². The molecule has 3 rings (SSSR count). The number of hydrogen-bond donors (Lipinski definition) is 4. The summed E-state index contributed by atoms with van der Waals surface area (Å²) in [6.45, 7) is 9.57. The van der Waals surface area contributed by atoms with Gasteiger partial charge in [0.25, 0.3) is 0 Å². The number of rotatable bonds is 9. The van der Waals surface area contributed by atoms with Crippen molar-refractivity contribution < 1.29 is 0 Å². The maximum atomic E-state index is 6.00. The molecule has 144 valence electrons. The van der Waals surface area contributed by atoms with Crippen molar-refractivity contribution >= 4 is 22.4 Å². The number of benzene rings is 1. The van der Waals surface area contributed by atoms with E-state index in [1.165, 1.54) is 10.9 Å². The quantitative estimate of drug-likeness (QED) is 0.437. The standard InChI is InChI=1S/C21H30N6/c1-4-27(5-2)11-10-24-14-15-6-7-18-16(12-15)13-19(26-18)17-8-9-25-21(22)20(17)23-3/h6-9,12-13,23-24,26H,4-5,10-11,14H2,1-3H3,(H2,22,25). The number of fused-ring (bicyclic) bond motifs is 1. The van der Waals surface area contributed by atoms with E-state index in [4.69, 9.17) is 5.73 Å². The van der Waals surface area contributed by atoms with Crippen LogP contribution in [0.15, 0.2) is 36.5 Å². The molecular weight excluding hydrogens is 336 g/mol. The molecule has 0 aliphatic rings. The molecule has 0 spiro atoms. The Morgan fingerprint density at radius 3 is 2.70 bits per heavy atom. The molecule has 2 aromatic heterocycles. The van der Waals surface area contributed by atoms with Gasteiger partial charge in [-0.1, -0.05) is 19.9 Å². The highest BCUT2D eigenvalue weighted by Gasteiger charge is 2.11. The van der Waals surface area contributed by atoms with Crippen LogP contribution in [0, 0.1) is 0 Å². The average Bonchev–Trinajstić information content (AvgIpc) is 3.11. The Morgan fingerprint density at radius 2 is 1.96 bits per heavy atom. The first-order chi connectivity index (χ1) is 13.2. The molecule has 0 aliphatic heterocycles. The Bertz CT molecular complexity index is 882. The van der Waals surface area contributed by atoms with Gasteiger partial charge in [0.1, 0.15) is 5.82 Å². The van der Waals surface area contributed by atoms with Gasteiger partial charge < -0.3 is 26.3 Å². The molecule has 0 unspecified atom stereocenters. The van der Waals surface area contributed by atoms with Crippen molar-refractivity contribution in [3.05, 3.63) is 42.1 Å². The lowest BCUT2D eigenvalue weighted by molar-refractivity contribution is 0.302. The van der Waals surface area contributed by atoms with Gasteiger partial charge in [-0.3, -0.25) is 0 Å². The minimum atomic E-state index is 0.506. The van der Waals surface area contributed by atoms with E-state index in [9.17, 15) is 0 Å². The normalized spacial score (nSPS) is 11.4. The van der Waals surface area contributed by atoms with E-state index in [1.54, 1.807) is 6.20 Å². The van der Waals surface area contributed by atoms with Gasteiger partial charge in [0.05, 0.1) is 5.69 Å². The molecular formula is C21H30N6. The highest BCUT2D eigenvalue weighted by atomic mass is 15.1. The zero-order valence-corrected chi connectivity index (χ0v) is 16.5. The van der Waals surface area contributed by atoms with Crippen molar-refractivity contribution in [3.63, 3.8) is 0 Å². The van der Waals surface area contributed by atoms with E-state index in [0.29, 0.717) is 5.82 Å². The van der Waals surface area contributed by atoms with E-state index in [0.717, 1.165) is 55.2 Å². The molecule has 0 amide bonds. The van der Waals surface area contributed by atoms with Gasteiger partial charge >= 0.3 is 0 Å². The highest BCUT2D eigenvalue weighted by molar-refractivity contribution is 5.91. The summed E-state index contributed by atoms with van der Waals surface area (Å²) in [6.07, 6.45) is 1.74. The fourth-order valence-corrected chi connectivity index (χ4v) is 3.41. The zero-order valence-electron chi connectivity index (χ0n) is 16.5. The largest absolute Gasteiger partial charge is 0.385 e. The molecule has 0 atom stereocenters. The third-order valence-electron chi connectivity index (χ3n) is 5.03. The summed E-state index contributed by atoms with van der Waals surface area (Å²) in [4.78, 5) is 10.1. The average molecular weight is 367 g/mol. The van der Waals surface area contributed by atoms with Gasteiger partial charge in [0, 0.05) is 55.0 Å². The molecule has 0 saturated heterocycles. The Morgan fingerprint density at radius 1 is 1.15 bits per heavy atom. The Balaban J connectivity index is 1.73. The maximum absolute atomic E-state index is 6.00. The summed E-state index contributed by atoms with van der Waals surface area (Å²) < 4.78 is 0. The zero-order chi connectivity index (χ0) is 19.2. The van der Waals surface area contributed by atoms with E-state index >= 15 is 0 Å². The fraction of sp³-hybridized carbons (Fsp3) is 0.381. The fourth-order valence-electron chi connectivity index (χ4n) is 3.41. The minimum Gasteiger partial charge on any atom is -0.385 e. The predicted octanol–water partition coefficient (Wildman–Crippen LogP) is 3.29. The number of aromatic nitrogens is 2. The number of hydrogen-bond acceptors (Lipinski definition) is 5. The first-order valence-electron chi connectivity index (χ1n) is 9.63. The molecule has 0 saturated carbocycles. The van der Waals surface area contributed by atoms with Crippen LogP contribution < -0.4 is 16.4 Å². The number of nitrogen functional groups attached to an aromatic ring is 1. The van der Waals surface area contributed by atoms with Crippen LogP contribution in [0.1, 0.15) is 19.4 Å². The lowest BCUT2D eigenvalue weighted by Gasteiger charge is -2.18. The Kier molecular flexibility index (Phi) is 6.32. The first-order valence-corrected chi connectivity index (χ1v) is 9.63. The summed E-state index contributed by atoms with van der Waals surface area (Å²) in [5.41, 5.74) is 11.3. The minimum absolute atomic E-state index is 0.506.